The van der Waals surface area contributed by atoms with Gasteiger partial charge in [0.15, 0.2) is 10.6 Å². The molecule has 0 radical (unpaired) electrons. The summed E-state index contributed by atoms with van der Waals surface area (Å²) in [5, 5.41) is 7.13. The highest BCUT2D eigenvalue weighted by molar-refractivity contribution is 7.71. The summed E-state index contributed by atoms with van der Waals surface area (Å²) in [5.41, 5.74) is 1.28. The lowest BCUT2D eigenvalue weighted by molar-refractivity contribution is -0.137. The van der Waals surface area contributed by atoms with Gasteiger partial charge in [0.1, 0.15) is 5.82 Å². The number of carbonyl (C=O) groups excluding carboxylic acids is 1. The molecule has 34 heavy (non-hydrogen) atoms. The molecule has 1 N–H and O–H groups in total. The van der Waals surface area contributed by atoms with Gasteiger partial charge in [0.25, 0.3) is 0 Å². The highest BCUT2D eigenvalue weighted by atomic mass is 32.1. The minimum Gasteiger partial charge on any atom is -0.355 e. The van der Waals surface area contributed by atoms with E-state index in [9.17, 15) is 18.0 Å². The molecule has 1 aromatic carbocycles. The van der Waals surface area contributed by atoms with Gasteiger partial charge in [0, 0.05) is 50.9 Å². The molecule has 1 saturated heterocycles. The standard InChI is InChI=1S/C23H25F3N6OS/c1-16-3-5-17(6-4-16)21-28-29-22(34)32(21)12-9-20(33)31-11-2-10-30(13-14-31)19-8-7-18(15-27-19)23(24,25)26/h3-8,15H,2,9-14H2,1H3,(H,29,34). The molecule has 7 nitrogen and oxygen atoms in total. The highest BCUT2D eigenvalue weighted by Gasteiger charge is 2.31. The van der Waals surface area contributed by atoms with Crippen LogP contribution in [-0.4, -0.2) is 56.7 Å². The Kier molecular flexibility index (Phi) is 7.01. The maximum absolute atomic E-state index is 12.9. The highest BCUT2D eigenvalue weighted by Crippen LogP contribution is 2.29. The summed E-state index contributed by atoms with van der Waals surface area (Å²) in [7, 11) is 0. The summed E-state index contributed by atoms with van der Waals surface area (Å²) in [4.78, 5) is 20.6. The molecule has 0 saturated carbocycles. The van der Waals surface area contributed by atoms with Gasteiger partial charge >= 0.3 is 6.18 Å². The minimum atomic E-state index is -4.41. The zero-order valence-corrected chi connectivity index (χ0v) is 19.5. The second-order valence-electron chi connectivity index (χ2n) is 8.24. The van der Waals surface area contributed by atoms with Gasteiger partial charge in [-0.05, 0) is 37.7 Å². The Bertz CT molecular complexity index is 1190. The van der Waals surface area contributed by atoms with Crippen LogP contribution in [-0.2, 0) is 17.5 Å². The Balaban J connectivity index is 1.37. The largest absolute Gasteiger partial charge is 0.417 e. The fourth-order valence-corrected chi connectivity index (χ4v) is 4.17. The number of hydrogen-bond donors (Lipinski definition) is 1. The summed E-state index contributed by atoms with van der Waals surface area (Å²) in [6, 6.07) is 10.4. The van der Waals surface area contributed by atoms with E-state index in [0.29, 0.717) is 55.6 Å². The molecule has 11 heteroatoms. The number of halogens is 3. The van der Waals surface area contributed by atoms with Gasteiger partial charge in [-0.15, -0.1) is 0 Å². The number of rotatable bonds is 5. The Labute approximate surface area is 200 Å². The second-order valence-corrected chi connectivity index (χ2v) is 8.63. The first-order valence-corrected chi connectivity index (χ1v) is 11.4. The molecule has 0 spiro atoms. The Morgan fingerprint density at radius 1 is 1.09 bits per heavy atom. The molecule has 1 amide bonds. The number of nitrogens with one attached hydrogen (secondary N) is 1. The lowest BCUT2D eigenvalue weighted by atomic mass is 10.1. The number of aromatic nitrogens is 4. The molecule has 1 fully saturated rings. The molecule has 180 valence electrons. The number of H-pyrrole nitrogens is 1. The SMILES string of the molecule is Cc1ccc(-c2n[nH]c(=S)n2CCC(=O)N2CCCN(c3ccc(C(F)(F)F)cn3)CC2)cc1. The molecular weight excluding hydrogens is 465 g/mol. The molecule has 0 aliphatic carbocycles. The first-order chi connectivity index (χ1) is 16.2. The predicted molar refractivity (Wildman–Crippen MR) is 125 cm³/mol. The number of carbonyl (C=O) groups is 1. The number of benzene rings is 1. The van der Waals surface area contributed by atoms with Gasteiger partial charge in [-0.25, -0.2) is 4.98 Å². The summed E-state index contributed by atoms with van der Waals surface area (Å²) in [6.45, 7) is 4.59. The quantitative estimate of drug-likeness (QED) is 0.535. The van der Waals surface area contributed by atoms with Gasteiger partial charge in [-0.1, -0.05) is 29.8 Å². The molecule has 1 aliphatic rings. The van der Waals surface area contributed by atoms with Crippen molar-refractivity contribution in [1.29, 1.82) is 0 Å². The summed E-state index contributed by atoms with van der Waals surface area (Å²) >= 11 is 5.37. The molecule has 3 heterocycles. The smallest absolute Gasteiger partial charge is 0.355 e. The maximum atomic E-state index is 12.9. The van der Waals surface area contributed by atoms with Crippen LogP contribution >= 0.6 is 12.2 Å². The van der Waals surface area contributed by atoms with E-state index in [4.69, 9.17) is 12.2 Å². The molecule has 1 aliphatic heterocycles. The number of hydrogen-bond acceptors (Lipinski definition) is 5. The number of aromatic amines is 1. The number of pyridine rings is 1. The lowest BCUT2D eigenvalue weighted by Gasteiger charge is -2.23. The summed E-state index contributed by atoms with van der Waals surface area (Å²) in [6.07, 6.45) is -2.59. The van der Waals surface area contributed by atoms with E-state index in [1.807, 2.05) is 40.7 Å². The van der Waals surface area contributed by atoms with Crippen LogP contribution in [0.2, 0.25) is 0 Å². The second kappa shape index (κ2) is 9.96. The van der Waals surface area contributed by atoms with Crippen LogP contribution in [0, 0.1) is 11.7 Å². The lowest BCUT2D eigenvalue weighted by Crippen LogP contribution is -2.35. The molecule has 0 bridgehead atoms. The van der Waals surface area contributed by atoms with Crippen molar-refractivity contribution in [3.63, 3.8) is 0 Å². The number of amides is 1. The Hall–Kier alpha value is -3.21. The van der Waals surface area contributed by atoms with E-state index in [1.54, 1.807) is 4.90 Å². The third kappa shape index (κ3) is 5.46. The zero-order valence-electron chi connectivity index (χ0n) is 18.7. The summed E-state index contributed by atoms with van der Waals surface area (Å²) < 4.78 is 40.7. The van der Waals surface area contributed by atoms with Crippen LogP contribution in [0.5, 0.6) is 0 Å². The molecule has 3 aromatic rings. The topological polar surface area (TPSA) is 70.1 Å². The molecule has 4 rings (SSSR count). The zero-order chi connectivity index (χ0) is 24.3. The van der Waals surface area contributed by atoms with Crippen molar-refractivity contribution in [2.45, 2.75) is 32.5 Å². The van der Waals surface area contributed by atoms with Crippen molar-refractivity contribution in [2.24, 2.45) is 0 Å². The van der Waals surface area contributed by atoms with E-state index in [-0.39, 0.29) is 12.3 Å². The third-order valence-corrected chi connectivity index (χ3v) is 6.18. The Morgan fingerprint density at radius 2 is 1.85 bits per heavy atom. The van der Waals surface area contributed by atoms with Crippen molar-refractivity contribution in [2.75, 3.05) is 31.1 Å². The minimum absolute atomic E-state index is 0.000171. The van der Waals surface area contributed by atoms with Crippen molar-refractivity contribution in [3.8, 4) is 11.4 Å². The molecule has 0 atom stereocenters. The first-order valence-electron chi connectivity index (χ1n) is 11.0. The maximum Gasteiger partial charge on any atom is 0.417 e. The number of alkyl halides is 3. The summed E-state index contributed by atoms with van der Waals surface area (Å²) in [5.74, 6) is 1.17. The van der Waals surface area contributed by atoms with E-state index in [0.717, 1.165) is 23.4 Å². The first kappa shape index (κ1) is 23.9. The van der Waals surface area contributed by atoms with E-state index in [2.05, 4.69) is 15.2 Å². The average Bonchev–Trinajstić information content (AvgIpc) is 3.02. The van der Waals surface area contributed by atoms with Crippen LogP contribution in [0.25, 0.3) is 11.4 Å². The van der Waals surface area contributed by atoms with Crippen LogP contribution in [0.3, 0.4) is 0 Å². The molecule has 0 unspecified atom stereocenters. The van der Waals surface area contributed by atoms with Crippen molar-refractivity contribution >= 4 is 23.9 Å². The van der Waals surface area contributed by atoms with Gasteiger partial charge in [0.2, 0.25) is 5.91 Å². The van der Waals surface area contributed by atoms with Crippen LogP contribution < -0.4 is 4.90 Å². The van der Waals surface area contributed by atoms with Crippen LogP contribution in [0.4, 0.5) is 19.0 Å². The number of anilines is 1. The monoisotopic (exact) mass is 490 g/mol. The van der Waals surface area contributed by atoms with Gasteiger partial charge in [-0.3, -0.25) is 14.5 Å². The fraction of sp³-hybridized carbons (Fsp3) is 0.391. The van der Waals surface area contributed by atoms with Crippen molar-refractivity contribution < 1.29 is 18.0 Å². The molecular formula is C23H25F3N6OS. The Morgan fingerprint density at radius 3 is 2.53 bits per heavy atom. The fourth-order valence-electron chi connectivity index (χ4n) is 3.95. The predicted octanol–water partition coefficient (Wildman–Crippen LogP) is 4.46. The van der Waals surface area contributed by atoms with Gasteiger partial charge < -0.3 is 9.80 Å². The van der Waals surface area contributed by atoms with Gasteiger partial charge in [-0.2, -0.15) is 18.3 Å². The van der Waals surface area contributed by atoms with E-state index < -0.39 is 11.7 Å². The van der Waals surface area contributed by atoms with Crippen molar-refractivity contribution in [1.82, 2.24) is 24.6 Å². The normalized spacial score (nSPS) is 14.8. The average molecular weight is 491 g/mol. The van der Waals surface area contributed by atoms with E-state index in [1.165, 1.54) is 6.07 Å². The third-order valence-electron chi connectivity index (χ3n) is 5.87. The molecule has 2 aromatic heterocycles. The number of aryl methyl sites for hydroxylation is 1. The number of nitrogens with zero attached hydrogens (tertiary/aromatic N) is 5. The van der Waals surface area contributed by atoms with Crippen LogP contribution in [0.15, 0.2) is 42.6 Å². The van der Waals surface area contributed by atoms with E-state index >= 15 is 0 Å². The van der Waals surface area contributed by atoms with Crippen LogP contribution in [0.1, 0.15) is 24.0 Å². The van der Waals surface area contributed by atoms with Crippen molar-refractivity contribution in [3.05, 3.63) is 58.5 Å². The van der Waals surface area contributed by atoms with Gasteiger partial charge in [0.05, 0.1) is 5.56 Å².